The number of nitrogens with zero attached hydrogens (tertiary/aromatic N) is 1. The lowest BCUT2D eigenvalue weighted by atomic mass is 10.3. The molecule has 5 nitrogen and oxygen atoms in total. The Balaban J connectivity index is 2.80. The summed E-state index contributed by atoms with van der Waals surface area (Å²) < 4.78 is 5.21. The molecule has 0 aliphatic rings. The fourth-order valence-corrected chi connectivity index (χ4v) is 1.46. The highest BCUT2D eigenvalue weighted by atomic mass is 16.4. The summed E-state index contributed by atoms with van der Waals surface area (Å²) in [5.41, 5.74) is 0. The van der Waals surface area contributed by atoms with E-state index in [1.54, 1.807) is 6.07 Å². The van der Waals surface area contributed by atoms with Crippen LogP contribution in [0, 0.1) is 0 Å². The van der Waals surface area contributed by atoms with Gasteiger partial charge in [-0.1, -0.05) is 0 Å². The highest BCUT2D eigenvalue weighted by Crippen LogP contribution is 2.21. The topological polar surface area (TPSA) is 73.9 Å². The SMILES string of the molecule is CC(C)N(CCCO)c1ccc(C(=O)O)o1. The van der Waals surface area contributed by atoms with Gasteiger partial charge >= 0.3 is 5.97 Å². The van der Waals surface area contributed by atoms with E-state index in [2.05, 4.69) is 0 Å². The van der Waals surface area contributed by atoms with E-state index < -0.39 is 5.97 Å². The maximum atomic E-state index is 10.7. The molecule has 0 spiro atoms. The molecule has 1 aromatic rings. The second-order valence-corrected chi connectivity index (χ2v) is 3.81. The zero-order valence-corrected chi connectivity index (χ0v) is 9.51. The van der Waals surface area contributed by atoms with Crippen molar-refractivity contribution in [1.29, 1.82) is 0 Å². The molecule has 1 heterocycles. The average Bonchev–Trinajstić information content (AvgIpc) is 2.67. The molecule has 0 aliphatic carbocycles. The van der Waals surface area contributed by atoms with Gasteiger partial charge in [-0.15, -0.1) is 0 Å². The number of aliphatic hydroxyl groups excluding tert-OH is 1. The van der Waals surface area contributed by atoms with Crippen molar-refractivity contribution in [3.05, 3.63) is 17.9 Å². The van der Waals surface area contributed by atoms with Crippen molar-refractivity contribution in [2.24, 2.45) is 0 Å². The number of hydrogen-bond acceptors (Lipinski definition) is 4. The Hall–Kier alpha value is -1.49. The summed E-state index contributed by atoms with van der Waals surface area (Å²) in [6, 6.07) is 3.27. The third-order valence-corrected chi connectivity index (χ3v) is 2.27. The summed E-state index contributed by atoms with van der Waals surface area (Å²) in [5.74, 6) is -0.609. The molecule has 0 amide bonds. The van der Waals surface area contributed by atoms with Gasteiger partial charge in [0.05, 0.1) is 0 Å². The Bertz CT molecular complexity index is 346. The van der Waals surface area contributed by atoms with Crippen molar-refractivity contribution in [3.8, 4) is 0 Å². The van der Waals surface area contributed by atoms with Crippen LogP contribution in [0.15, 0.2) is 16.5 Å². The van der Waals surface area contributed by atoms with Crippen LogP contribution in [0.1, 0.15) is 30.8 Å². The smallest absolute Gasteiger partial charge is 0.371 e. The zero-order valence-electron chi connectivity index (χ0n) is 9.51. The Morgan fingerprint density at radius 2 is 2.19 bits per heavy atom. The highest BCUT2D eigenvalue weighted by Gasteiger charge is 2.16. The molecule has 0 aromatic carbocycles. The maximum absolute atomic E-state index is 10.7. The van der Waals surface area contributed by atoms with Crippen molar-refractivity contribution >= 4 is 11.9 Å². The van der Waals surface area contributed by atoms with Crippen molar-refractivity contribution in [2.75, 3.05) is 18.1 Å². The molecule has 0 saturated carbocycles. The number of carbonyl (C=O) groups is 1. The summed E-state index contributed by atoms with van der Waals surface area (Å²) in [5, 5.41) is 17.5. The number of aliphatic hydroxyl groups is 1. The highest BCUT2D eigenvalue weighted by molar-refractivity contribution is 5.84. The third-order valence-electron chi connectivity index (χ3n) is 2.27. The molecule has 1 aromatic heterocycles. The number of rotatable bonds is 6. The van der Waals surface area contributed by atoms with Gasteiger partial charge in [-0.3, -0.25) is 0 Å². The van der Waals surface area contributed by atoms with Gasteiger partial charge in [-0.05, 0) is 26.3 Å². The van der Waals surface area contributed by atoms with Crippen LogP contribution in [-0.2, 0) is 0 Å². The monoisotopic (exact) mass is 227 g/mol. The van der Waals surface area contributed by atoms with Crippen LogP contribution in [0.2, 0.25) is 0 Å². The normalized spacial score (nSPS) is 10.8. The molecule has 16 heavy (non-hydrogen) atoms. The Morgan fingerprint density at radius 1 is 1.50 bits per heavy atom. The molecule has 0 aliphatic heterocycles. The number of aromatic carboxylic acids is 1. The molecule has 1 rings (SSSR count). The maximum Gasteiger partial charge on any atom is 0.371 e. The number of furan rings is 1. The molecule has 0 fully saturated rings. The van der Waals surface area contributed by atoms with Gasteiger partial charge < -0.3 is 19.5 Å². The van der Waals surface area contributed by atoms with Crippen LogP contribution < -0.4 is 4.90 Å². The fraction of sp³-hybridized carbons (Fsp3) is 0.545. The lowest BCUT2D eigenvalue weighted by Crippen LogP contribution is -2.31. The zero-order chi connectivity index (χ0) is 12.1. The quantitative estimate of drug-likeness (QED) is 0.771. The van der Waals surface area contributed by atoms with Crippen LogP contribution in [0.5, 0.6) is 0 Å². The third kappa shape index (κ3) is 3.00. The molecule has 0 bridgehead atoms. The molecule has 0 radical (unpaired) electrons. The summed E-state index contributed by atoms with van der Waals surface area (Å²) in [7, 11) is 0. The summed E-state index contributed by atoms with van der Waals surface area (Å²) >= 11 is 0. The molecule has 0 saturated heterocycles. The van der Waals surface area contributed by atoms with E-state index in [0.29, 0.717) is 18.8 Å². The van der Waals surface area contributed by atoms with Crippen molar-refractivity contribution < 1.29 is 19.4 Å². The van der Waals surface area contributed by atoms with E-state index in [4.69, 9.17) is 14.6 Å². The van der Waals surface area contributed by atoms with E-state index >= 15 is 0 Å². The first kappa shape index (κ1) is 12.6. The first-order valence-electron chi connectivity index (χ1n) is 5.27. The van der Waals surface area contributed by atoms with Crippen LogP contribution >= 0.6 is 0 Å². The fourth-order valence-electron chi connectivity index (χ4n) is 1.46. The van der Waals surface area contributed by atoms with Gasteiger partial charge in [0.1, 0.15) is 0 Å². The van der Waals surface area contributed by atoms with Gasteiger partial charge in [0, 0.05) is 25.3 Å². The van der Waals surface area contributed by atoms with Crippen LogP contribution in [0.4, 0.5) is 5.88 Å². The minimum absolute atomic E-state index is 0.0651. The van der Waals surface area contributed by atoms with Crippen LogP contribution in [-0.4, -0.2) is 35.4 Å². The largest absolute Gasteiger partial charge is 0.475 e. The van der Waals surface area contributed by atoms with E-state index in [-0.39, 0.29) is 18.4 Å². The second kappa shape index (κ2) is 5.55. The number of carboxylic acids is 1. The number of hydrogen-bond donors (Lipinski definition) is 2. The van der Waals surface area contributed by atoms with Crippen molar-refractivity contribution in [1.82, 2.24) is 0 Å². The molecule has 90 valence electrons. The van der Waals surface area contributed by atoms with Gasteiger partial charge in [-0.25, -0.2) is 4.79 Å². The number of anilines is 1. The number of carboxylic acid groups (broad SMARTS) is 1. The summed E-state index contributed by atoms with van der Waals surface area (Å²) in [4.78, 5) is 12.6. The Labute approximate surface area is 94.3 Å². The molecule has 0 atom stereocenters. The van der Waals surface area contributed by atoms with E-state index in [0.717, 1.165) is 0 Å². The van der Waals surface area contributed by atoms with E-state index in [1.807, 2.05) is 18.7 Å². The van der Waals surface area contributed by atoms with Crippen molar-refractivity contribution in [2.45, 2.75) is 26.3 Å². The summed E-state index contributed by atoms with van der Waals surface area (Å²) in [6.45, 7) is 4.72. The minimum Gasteiger partial charge on any atom is -0.475 e. The van der Waals surface area contributed by atoms with Gasteiger partial charge in [-0.2, -0.15) is 0 Å². The molecule has 5 heteroatoms. The second-order valence-electron chi connectivity index (χ2n) is 3.81. The van der Waals surface area contributed by atoms with Crippen molar-refractivity contribution in [3.63, 3.8) is 0 Å². The van der Waals surface area contributed by atoms with E-state index in [9.17, 15) is 4.79 Å². The summed E-state index contributed by atoms with van der Waals surface area (Å²) in [6.07, 6.45) is 0.626. The van der Waals surface area contributed by atoms with Crippen LogP contribution in [0.3, 0.4) is 0 Å². The molecular formula is C11H17NO4. The van der Waals surface area contributed by atoms with Gasteiger partial charge in [0.15, 0.2) is 5.88 Å². The van der Waals surface area contributed by atoms with Gasteiger partial charge in [0.2, 0.25) is 5.76 Å². The molecule has 0 unspecified atom stereocenters. The minimum atomic E-state index is -1.07. The first-order chi connectivity index (χ1) is 7.56. The Morgan fingerprint density at radius 3 is 2.62 bits per heavy atom. The lowest BCUT2D eigenvalue weighted by Gasteiger charge is -2.25. The van der Waals surface area contributed by atoms with Crippen LogP contribution in [0.25, 0.3) is 0 Å². The molecule has 2 N–H and O–H groups in total. The van der Waals surface area contributed by atoms with E-state index in [1.165, 1.54) is 6.07 Å². The molecular weight excluding hydrogens is 210 g/mol. The Kier molecular flexibility index (Phi) is 4.37. The van der Waals surface area contributed by atoms with Gasteiger partial charge in [0.25, 0.3) is 0 Å². The lowest BCUT2D eigenvalue weighted by molar-refractivity contribution is 0.0663. The first-order valence-corrected chi connectivity index (χ1v) is 5.27. The average molecular weight is 227 g/mol. The predicted molar refractivity (Wildman–Crippen MR) is 59.9 cm³/mol. The predicted octanol–water partition coefficient (Wildman–Crippen LogP) is 1.58. The standard InChI is InChI=1S/C11H17NO4/c1-8(2)12(6-3-7-13)10-5-4-9(16-10)11(14)15/h4-5,8,13H,3,6-7H2,1-2H3,(H,14,15).